The van der Waals surface area contributed by atoms with E-state index < -0.39 is 11.0 Å². The smallest absolute Gasteiger partial charge is 0.117 e. The Morgan fingerprint density at radius 2 is 2.21 bits per heavy atom. The SMILES string of the molecule is N#CC1(C2(O)CNC2)CC2CCC1O2. The average Bonchev–Trinajstić information content (AvgIpc) is 2.73. The summed E-state index contributed by atoms with van der Waals surface area (Å²) >= 11 is 0. The molecule has 0 aromatic carbocycles. The van der Waals surface area contributed by atoms with Gasteiger partial charge in [0.25, 0.3) is 0 Å². The quantitative estimate of drug-likeness (QED) is 0.606. The van der Waals surface area contributed by atoms with Crippen LogP contribution in [0.5, 0.6) is 0 Å². The standard InChI is InChI=1S/C10H14N2O2/c11-4-9(10(13)5-12-6-10)3-7-1-2-8(9)14-7/h7-8,12-13H,1-3,5-6H2. The summed E-state index contributed by atoms with van der Waals surface area (Å²) < 4.78 is 5.69. The molecule has 3 atom stereocenters. The normalized spacial score (nSPS) is 48.6. The van der Waals surface area contributed by atoms with Gasteiger partial charge in [0.15, 0.2) is 0 Å². The second-order valence-corrected chi connectivity index (χ2v) is 4.75. The van der Waals surface area contributed by atoms with Gasteiger partial charge in [0, 0.05) is 13.1 Å². The Labute approximate surface area is 82.9 Å². The van der Waals surface area contributed by atoms with Gasteiger partial charge in [-0.15, -0.1) is 0 Å². The molecule has 3 aliphatic heterocycles. The number of aliphatic hydroxyl groups is 1. The lowest BCUT2D eigenvalue weighted by Crippen LogP contribution is -2.70. The number of fused-ring (bicyclic) bond motifs is 2. The van der Waals surface area contributed by atoms with Crippen molar-refractivity contribution in [2.75, 3.05) is 13.1 Å². The average molecular weight is 194 g/mol. The van der Waals surface area contributed by atoms with Crippen LogP contribution in [-0.2, 0) is 4.74 Å². The minimum atomic E-state index is -0.846. The number of nitriles is 1. The molecule has 2 bridgehead atoms. The summed E-state index contributed by atoms with van der Waals surface area (Å²) in [5.41, 5.74) is -1.48. The van der Waals surface area contributed by atoms with E-state index in [1.165, 1.54) is 0 Å². The van der Waals surface area contributed by atoms with Gasteiger partial charge in [-0.3, -0.25) is 0 Å². The number of nitrogens with one attached hydrogen (secondary N) is 1. The number of ether oxygens (including phenoxy) is 1. The van der Waals surface area contributed by atoms with Crippen LogP contribution in [0.3, 0.4) is 0 Å². The topological polar surface area (TPSA) is 65.3 Å². The van der Waals surface area contributed by atoms with Crippen LogP contribution in [0.1, 0.15) is 19.3 Å². The van der Waals surface area contributed by atoms with E-state index in [0.717, 1.165) is 12.8 Å². The van der Waals surface area contributed by atoms with E-state index in [1.54, 1.807) is 0 Å². The van der Waals surface area contributed by atoms with Crippen molar-refractivity contribution in [3.8, 4) is 6.07 Å². The molecular weight excluding hydrogens is 180 g/mol. The Kier molecular flexibility index (Phi) is 1.54. The van der Waals surface area contributed by atoms with Crippen molar-refractivity contribution >= 4 is 0 Å². The van der Waals surface area contributed by atoms with Gasteiger partial charge in [-0.25, -0.2) is 0 Å². The molecule has 14 heavy (non-hydrogen) atoms. The van der Waals surface area contributed by atoms with E-state index in [2.05, 4.69) is 11.4 Å². The first-order valence-electron chi connectivity index (χ1n) is 5.20. The van der Waals surface area contributed by atoms with Crippen molar-refractivity contribution in [1.29, 1.82) is 5.26 Å². The molecule has 3 rings (SSSR count). The molecule has 0 radical (unpaired) electrons. The largest absolute Gasteiger partial charge is 0.385 e. The molecule has 3 heterocycles. The predicted molar refractivity (Wildman–Crippen MR) is 48.4 cm³/mol. The number of hydrogen-bond donors (Lipinski definition) is 2. The van der Waals surface area contributed by atoms with Gasteiger partial charge in [0.05, 0.1) is 18.3 Å². The van der Waals surface area contributed by atoms with Gasteiger partial charge in [0.2, 0.25) is 0 Å². The number of β-amino-alcohol motifs (C(OH)–C–C–N with tert-alkyl or cyclic N) is 1. The Morgan fingerprint density at radius 1 is 1.43 bits per heavy atom. The third-order valence-corrected chi connectivity index (χ3v) is 4.07. The molecule has 0 aliphatic carbocycles. The molecule has 3 saturated heterocycles. The highest BCUT2D eigenvalue weighted by Gasteiger charge is 2.65. The molecule has 4 heteroatoms. The van der Waals surface area contributed by atoms with Crippen LogP contribution in [0.2, 0.25) is 0 Å². The van der Waals surface area contributed by atoms with Gasteiger partial charge in [-0.05, 0) is 19.3 Å². The van der Waals surface area contributed by atoms with Gasteiger partial charge in [-0.2, -0.15) is 5.26 Å². The minimum absolute atomic E-state index is 0.0374. The maximum absolute atomic E-state index is 10.3. The highest BCUT2D eigenvalue weighted by atomic mass is 16.5. The van der Waals surface area contributed by atoms with Gasteiger partial charge >= 0.3 is 0 Å². The molecule has 0 aromatic heterocycles. The highest BCUT2D eigenvalue weighted by molar-refractivity contribution is 5.24. The Morgan fingerprint density at radius 3 is 2.57 bits per heavy atom. The summed E-state index contributed by atoms with van der Waals surface area (Å²) in [4.78, 5) is 0. The van der Waals surface area contributed by atoms with Crippen LogP contribution in [0.4, 0.5) is 0 Å². The molecule has 76 valence electrons. The lowest BCUT2D eigenvalue weighted by molar-refractivity contribution is -0.117. The zero-order valence-corrected chi connectivity index (χ0v) is 7.99. The lowest BCUT2D eigenvalue weighted by atomic mass is 9.61. The van der Waals surface area contributed by atoms with Crippen LogP contribution in [0.15, 0.2) is 0 Å². The van der Waals surface area contributed by atoms with E-state index in [0.29, 0.717) is 19.5 Å². The van der Waals surface area contributed by atoms with E-state index >= 15 is 0 Å². The Hall–Kier alpha value is -0.630. The summed E-state index contributed by atoms with van der Waals surface area (Å²) in [6.07, 6.45) is 2.87. The lowest BCUT2D eigenvalue weighted by Gasteiger charge is -2.49. The zero-order chi connectivity index (χ0) is 9.81. The summed E-state index contributed by atoms with van der Waals surface area (Å²) in [5, 5.41) is 22.7. The molecule has 4 nitrogen and oxygen atoms in total. The second kappa shape index (κ2) is 2.48. The summed E-state index contributed by atoms with van der Waals surface area (Å²) in [5.74, 6) is 0. The summed E-state index contributed by atoms with van der Waals surface area (Å²) in [7, 11) is 0. The van der Waals surface area contributed by atoms with Crippen LogP contribution in [0.25, 0.3) is 0 Å². The maximum atomic E-state index is 10.3. The van der Waals surface area contributed by atoms with E-state index in [-0.39, 0.29) is 12.2 Å². The molecule has 0 spiro atoms. The first-order valence-corrected chi connectivity index (χ1v) is 5.20. The molecule has 0 saturated carbocycles. The van der Waals surface area contributed by atoms with E-state index in [1.807, 2.05) is 0 Å². The van der Waals surface area contributed by atoms with Gasteiger partial charge in [-0.1, -0.05) is 0 Å². The molecule has 3 fully saturated rings. The number of hydrogen-bond acceptors (Lipinski definition) is 4. The molecule has 2 N–H and O–H groups in total. The van der Waals surface area contributed by atoms with Gasteiger partial charge < -0.3 is 15.2 Å². The highest BCUT2D eigenvalue weighted by Crippen LogP contribution is 2.54. The van der Waals surface area contributed by atoms with Crippen molar-refractivity contribution in [3.63, 3.8) is 0 Å². The molecule has 0 aromatic rings. The Bertz CT molecular complexity index is 308. The number of nitrogens with zero attached hydrogens (tertiary/aromatic N) is 1. The van der Waals surface area contributed by atoms with Crippen molar-refractivity contribution in [2.45, 2.75) is 37.1 Å². The summed E-state index contributed by atoms with van der Waals surface area (Å²) in [6, 6.07) is 2.34. The zero-order valence-electron chi connectivity index (χ0n) is 7.99. The maximum Gasteiger partial charge on any atom is 0.117 e. The predicted octanol–water partition coefficient (Wildman–Crippen LogP) is -0.218. The third-order valence-electron chi connectivity index (χ3n) is 4.07. The fraction of sp³-hybridized carbons (Fsp3) is 0.900. The van der Waals surface area contributed by atoms with E-state index in [9.17, 15) is 10.4 Å². The van der Waals surface area contributed by atoms with Crippen LogP contribution in [0, 0.1) is 16.7 Å². The van der Waals surface area contributed by atoms with Crippen molar-refractivity contribution < 1.29 is 9.84 Å². The van der Waals surface area contributed by atoms with Crippen LogP contribution in [-0.4, -0.2) is 36.0 Å². The van der Waals surface area contributed by atoms with Gasteiger partial charge in [0.1, 0.15) is 11.0 Å². The fourth-order valence-corrected chi connectivity index (χ4v) is 3.10. The second-order valence-electron chi connectivity index (χ2n) is 4.75. The fourth-order valence-electron chi connectivity index (χ4n) is 3.10. The molecule has 3 unspecified atom stereocenters. The molecular formula is C10H14N2O2. The van der Waals surface area contributed by atoms with Crippen LogP contribution < -0.4 is 5.32 Å². The minimum Gasteiger partial charge on any atom is -0.385 e. The third kappa shape index (κ3) is 0.789. The van der Waals surface area contributed by atoms with Crippen molar-refractivity contribution in [3.05, 3.63) is 0 Å². The monoisotopic (exact) mass is 194 g/mol. The van der Waals surface area contributed by atoms with Crippen molar-refractivity contribution in [1.82, 2.24) is 5.32 Å². The van der Waals surface area contributed by atoms with Crippen LogP contribution >= 0.6 is 0 Å². The molecule has 0 amide bonds. The first kappa shape index (κ1) is 8.66. The molecule has 3 aliphatic rings. The number of rotatable bonds is 1. The summed E-state index contributed by atoms with van der Waals surface area (Å²) in [6.45, 7) is 1.07. The van der Waals surface area contributed by atoms with E-state index in [4.69, 9.17) is 4.74 Å². The van der Waals surface area contributed by atoms with Crippen molar-refractivity contribution in [2.24, 2.45) is 5.41 Å². The Balaban J connectivity index is 1.96. The first-order chi connectivity index (χ1) is 6.70.